The largest absolute Gasteiger partial charge is 0.373 e. The number of rotatable bonds is 4. The lowest BCUT2D eigenvalue weighted by atomic mass is 10.1. The Labute approximate surface area is 122 Å². The summed E-state index contributed by atoms with van der Waals surface area (Å²) in [7, 11) is 1.73. The van der Waals surface area contributed by atoms with Gasteiger partial charge in [0.15, 0.2) is 0 Å². The van der Waals surface area contributed by atoms with Gasteiger partial charge in [0.2, 0.25) is 0 Å². The molecule has 2 rings (SSSR count). The number of hydrogen-bond donors (Lipinski definition) is 2. The lowest BCUT2D eigenvalue weighted by molar-refractivity contribution is 0.0946. The van der Waals surface area contributed by atoms with E-state index in [1.54, 1.807) is 31.6 Å². The van der Waals surface area contributed by atoms with Crippen LogP contribution in [0.2, 0.25) is 5.02 Å². The maximum atomic E-state index is 12.1. The van der Waals surface area contributed by atoms with Crippen molar-refractivity contribution in [3.63, 3.8) is 0 Å². The number of halogens is 1. The molecule has 104 valence electrons. The Morgan fingerprint density at radius 1 is 1.35 bits per heavy atom. The van der Waals surface area contributed by atoms with Crippen LogP contribution in [0, 0.1) is 6.92 Å². The van der Waals surface area contributed by atoms with Crippen LogP contribution >= 0.6 is 11.6 Å². The third-order valence-corrected chi connectivity index (χ3v) is 3.20. The zero-order valence-electron chi connectivity index (χ0n) is 11.3. The summed E-state index contributed by atoms with van der Waals surface area (Å²) in [5.41, 5.74) is 2.25. The highest BCUT2D eigenvalue weighted by molar-refractivity contribution is 6.33. The minimum absolute atomic E-state index is 0.213. The second-order valence-electron chi connectivity index (χ2n) is 4.26. The molecule has 0 aromatic carbocycles. The van der Waals surface area contributed by atoms with Crippen LogP contribution in [0.3, 0.4) is 0 Å². The molecule has 0 aliphatic rings. The first-order valence-corrected chi connectivity index (χ1v) is 6.51. The van der Waals surface area contributed by atoms with Gasteiger partial charge in [-0.15, -0.1) is 0 Å². The first-order chi connectivity index (χ1) is 9.61. The summed E-state index contributed by atoms with van der Waals surface area (Å²) in [5.74, 6) is 0.294. The molecule has 1 amide bonds. The van der Waals surface area contributed by atoms with Gasteiger partial charge < -0.3 is 10.6 Å². The average Bonchev–Trinajstić information content (AvgIpc) is 2.46. The second kappa shape index (κ2) is 6.34. The fraction of sp³-hybridized carbons (Fsp3) is 0.214. The number of pyridine rings is 2. The van der Waals surface area contributed by atoms with Crippen LogP contribution < -0.4 is 10.6 Å². The molecule has 2 aromatic heterocycles. The van der Waals surface area contributed by atoms with Gasteiger partial charge in [0.25, 0.3) is 5.91 Å². The van der Waals surface area contributed by atoms with Gasteiger partial charge >= 0.3 is 0 Å². The third-order valence-electron chi connectivity index (χ3n) is 2.89. The molecule has 0 saturated heterocycles. The van der Waals surface area contributed by atoms with Gasteiger partial charge in [0, 0.05) is 26.0 Å². The molecular weight excluding hydrogens is 276 g/mol. The van der Waals surface area contributed by atoms with Crippen molar-refractivity contribution >= 4 is 23.3 Å². The number of aromatic nitrogens is 2. The molecule has 0 spiro atoms. The molecule has 0 saturated carbocycles. The number of carbonyl (C=O) groups is 1. The van der Waals surface area contributed by atoms with Crippen LogP contribution in [0.1, 0.15) is 21.6 Å². The summed E-state index contributed by atoms with van der Waals surface area (Å²) < 4.78 is 0. The lowest BCUT2D eigenvalue weighted by Crippen LogP contribution is -2.24. The molecule has 0 atom stereocenters. The first-order valence-electron chi connectivity index (χ1n) is 6.14. The smallest absolute Gasteiger partial charge is 0.271 e. The van der Waals surface area contributed by atoms with Crippen LogP contribution in [-0.2, 0) is 6.54 Å². The molecule has 0 unspecified atom stereocenters. The van der Waals surface area contributed by atoms with Gasteiger partial charge in [0.1, 0.15) is 11.5 Å². The number of nitrogens with one attached hydrogen (secondary N) is 2. The fourth-order valence-electron chi connectivity index (χ4n) is 1.70. The number of anilines is 1. The molecule has 2 aromatic rings. The van der Waals surface area contributed by atoms with Gasteiger partial charge in [0.05, 0.1) is 5.02 Å². The van der Waals surface area contributed by atoms with E-state index >= 15 is 0 Å². The average molecular weight is 291 g/mol. The van der Waals surface area contributed by atoms with Crippen LogP contribution in [0.4, 0.5) is 5.82 Å². The van der Waals surface area contributed by atoms with Crippen LogP contribution in [0.25, 0.3) is 0 Å². The highest BCUT2D eigenvalue weighted by Crippen LogP contribution is 2.16. The minimum atomic E-state index is -0.302. The third kappa shape index (κ3) is 3.24. The van der Waals surface area contributed by atoms with Crippen molar-refractivity contribution in [3.8, 4) is 0 Å². The van der Waals surface area contributed by atoms with Crippen molar-refractivity contribution in [3.05, 3.63) is 52.4 Å². The predicted octanol–water partition coefficient (Wildman–Crippen LogP) is 2.41. The molecule has 20 heavy (non-hydrogen) atoms. The fourth-order valence-corrected chi connectivity index (χ4v) is 1.89. The summed E-state index contributed by atoms with van der Waals surface area (Å²) in [4.78, 5) is 20.3. The van der Waals surface area contributed by atoms with E-state index in [9.17, 15) is 4.79 Å². The maximum Gasteiger partial charge on any atom is 0.271 e. The van der Waals surface area contributed by atoms with E-state index in [0.29, 0.717) is 17.4 Å². The van der Waals surface area contributed by atoms with Gasteiger partial charge in [-0.1, -0.05) is 11.6 Å². The van der Waals surface area contributed by atoms with Crippen molar-refractivity contribution < 1.29 is 4.79 Å². The number of amides is 1. The Morgan fingerprint density at radius 3 is 2.85 bits per heavy atom. The summed E-state index contributed by atoms with van der Waals surface area (Å²) in [6.45, 7) is 2.36. The summed E-state index contributed by atoms with van der Waals surface area (Å²) in [6, 6.07) is 5.23. The Hall–Kier alpha value is -2.14. The van der Waals surface area contributed by atoms with Crippen molar-refractivity contribution in [2.24, 2.45) is 0 Å². The topological polar surface area (TPSA) is 66.9 Å². The minimum Gasteiger partial charge on any atom is -0.373 e. The molecule has 2 N–H and O–H groups in total. The van der Waals surface area contributed by atoms with Crippen molar-refractivity contribution in [2.45, 2.75) is 13.5 Å². The predicted molar refractivity (Wildman–Crippen MR) is 78.9 cm³/mol. The van der Waals surface area contributed by atoms with E-state index in [2.05, 4.69) is 20.6 Å². The number of aryl methyl sites for hydroxylation is 1. The van der Waals surface area contributed by atoms with E-state index in [0.717, 1.165) is 11.1 Å². The lowest BCUT2D eigenvalue weighted by Gasteiger charge is -2.09. The molecule has 2 heterocycles. The van der Waals surface area contributed by atoms with E-state index < -0.39 is 0 Å². The van der Waals surface area contributed by atoms with Gasteiger partial charge in [-0.25, -0.2) is 4.98 Å². The van der Waals surface area contributed by atoms with Gasteiger partial charge in [-0.3, -0.25) is 9.78 Å². The zero-order chi connectivity index (χ0) is 14.5. The molecule has 6 heteroatoms. The number of hydrogen-bond acceptors (Lipinski definition) is 4. The molecular formula is C14H15ClN4O. The van der Waals surface area contributed by atoms with E-state index in [1.165, 1.54) is 0 Å². The molecule has 0 radical (unpaired) electrons. The SMILES string of the molecule is CNc1ccc(Cl)c(C(=O)NCc2ccncc2C)n1. The second-order valence-corrected chi connectivity index (χ2v) is 4.67. The Kier molecular flexibility index (Phi) is 4.53. The molecule has 0 aliphatic heterocycles. The van der Waals surface area contributed by atoms with E-state index in [-0.39, 0.29) is 11.6 Å². The Bertz CT molecular complexity index is 630. The first kappa shape index (κ1) is 14.3. The number of nitrogens with zero attached hydrogens (tertiary/aromatic N) is 2. The highest BCUT2D eigenvalue weighted by Gasteiger charge is 2.13. The molecule has 0 aliphatic carbocycles. The zero-order valence-corrected chi connectivity index (χ0v) is 12.0. The number of carbonyl (C=O) groups excluding carboxylic acids is 1. The standard InChI is InChI=1S/C14H15ClN4O/c1-9-7-17-6-5-10(9)8-18-14(20)13-11(15)3-4-12(16-2)19-13/h3-7H,8H2,1-2H3,(H,16,19)(H,18,20). The normalized spacial score (nSPS) is 10.2. The monoisotopic (exact) mass is 290 g/mol. The van der Waals surface area contributed by atoms with Crippen LogP contribution in [0.15, 0.2) is 30.6 Å². The van der Waals surface area contributed by atoms with E-state index in [4.69, 9.17) is 11.6 Å². The Morgan fingerprint density at radius 2 is 2.15 bits per heavy atom. The molecule has 5 nitrogen and oxygen atoms in total. The van der Waals surface area contributed by atoms with Crippen LogP contribution in [-0.4, -0.2) is 22.9 Å². The quantitative estimate of drug-likeness (QED) is 0.907. The van der Waals surface area contributed by atoms with Crippen molar-refractivity contribution in [2.75, 3.05) is 12.4 Å². The molecule has 0 fully saturated rings. The highest BCUT2D eigenvalue weighted by atomic mass is 35.5. The van der Waals surface area contributed by atoms with Crippen molar-refractivity contribution in [1.29, 1.82) is 0 Å². The maximum absolute atomic E-state index is 12.1. The van der Waals surface area contributed by atoms with E-state index in [1.807, 2.05) is 13.0 Å². The van der Waals surface area contributed by atoms with Gasteiger partial charge in [-0.2, -0.15) is 0 Å². The molecule has 0 bridgehead atoms. The Balaban J connectivity index is 2.11. The van der Waals surface area contributed by atoms with Crippen LogP contribution in [0.5, 0.6) is 0 Å². The summed E-state index contributed by atoms with van der Waals surface area (Å²) in [6.07, 6.45) is 3.45. The summed E-state index contributed by atoms with van der Waals surface area (Å²) >= 11 is 6.00. The van der Waals surface area contributed by atoms with Gasteiger partial charge in [-0.05, 0) is 36.2 Å². The summed E-state index contributed by atoms with van der Waals surface area (Å²) in [5, 5.41) is 6.01. The van der Waals surface area contributed by atoms with Crippen molar-refractivity contribution in [1.82, 2.24) is 15.3 Å².